The van der Waals surface area contributed by atoms with Gasteiger partial charge in [0.25, 0.3) is 0 Å². The van der Waals surface area contributed by atoms with Gasteiger partial charge in [0.15, 0.2) is 0 Å². The van der Waals surface area contributed by atoms with Crippen molar-refractivity contribution in [2.45, 2.75) is 13.2 Å². The first kappa shape index (κ1) is 16.8. The minimum Gasteiger partial charge on any atom is -0.486 e. The normalized spacial score (nSPS) is 10.9. The molecule has 0 aliphatic heterocycles. The van der Waals surface area contributed by atoms with E-state index in [9.17, 15) is 9.18 Å². The Labute approximate surface area is 153 Å². The predicted octanol–water partition coefficient (Wildman–Crippen LogP) is 4.00. The second-order valence-corrected chi connectivity index (χ2v) is 5.78. The van der Waals surface area contributed by atoms with Gasteiger partial charge < -0.3 is 18.3 Å². The highest BCUT2D eigenvalue weighted by molar-refractivity contribution is 5.86. The van der Waals surface area contributed by atoms with Crippen LogP contribution in [0.3, 0.4) is 0 Å². The lowest BCUT2D eigenvalue weighted by Crippen LogP contribution is -2.04. The Morgan fingerprint density at radius 1 is 1.07 bits per heavy atom. The zero-order valence-electron chi connectivity index (χ0n) is 14.2. The van der Waals surface area contributed by atoms with E-state index in [0.29, 0.717) is 17.2 Å². The summed E-state index contributed by atoms with van der Waals surface area (Å²) in [6.07, 6.45) is 3.67. The second kappa shape index (κ2) is 7.33. The highest BCUT2D eigenvalue weighted by Gasteiger charge is 2.14. The van der Waals surface area contributed by atoms with Gasteiger partial charge in [-0.25, -0.2) is 14.2 Å². The van der Waals surface area contributed by atoms with Crippen molar-refractivity contribution >= 4 is 11.6 Å². The Morgan fingerprint density at radius 2 is 1.93 bits per heavy atom. The van der Waals surface area contributed by atoms with Crippen LogP contribution in [0.2, 0.25) is 0 Å². The quantitative estimate of drug-likeness (QED) is 0.483. The fourth-order valence-electron chi connectivity index (χ4n) is 2.52. The maximum atomic E-state index is 12.9. The molecule has 0 fully saturated rings. The van der Waals surface area contributed by atoms with E-state index in [1.807, 2.05) is 28.8 Å². The van der Waals surface area contributed by atoms with E-state index in [2.05, 4.69) is 4.98 Å². The van der Waals surface area contributed by atoms with Crippen molar-refractivity contribution in [2.24, 2.45) is 0 Å². The average Bonchev–Trinajstić information content (AvgIpc) is 3.32. The van der Waals surface area contributed by atoms with E-state index in [1.54, 1.807) is 12.3 Å². The average molecular weight is 366 g/mol. The number of imidazole rings is 1. The van der Waals surface area contributed by atoms with Crippen LogP contribution < -0.4 is 4.74 Å². The lowest BCUT2D eigenvalue weighted by molar-refractivity contribution is 0.0428. The summed E-state index contributed by atoms with van der Waals surface area (Å²) in [7, 11) is 0. The number of nitrogens with zero attached hydrogens (tertiary/aromatic N) is 2. The molecule has 7 heteroatoms. The summed E-state index contributed by atoms with van der Waals surface area (Å²) < 4.78 is 30.9. The van der Waals surface area contributed by atoms with Gasteiger partial charge in [0, 0.05) is 12.4 Å². The fraction of sp³-hybridized carbons (Fsp3) is 0.100. The number of esters is 1. The summed E-state index contributed by atoms with van der Waals surface area (Å²) in [5, 5.41) is 0. The number of furan rings is 1. The molecule has 0 atom stereocenters. The largest absolute Gasteiger partial charge is 0.486 e. The number of rotatable bonds is 6. The number of benzene rings is 1. The second-order valence-electron chi connectivity index (χ2n) is 5.78. The molecular weight excluding hydrogens is 351 g/mol. The summed E-state index contributed by atoms with van der Waals surface area (Å²) in [4.78, 5) is 16.5. The SMILES string of the molecule is O=C(OCc1cn2ccccc2n1)c1ccc(COc2ccc(F)cc2)o1. The number of pyridine rings is 1. The number of halogens is 1. The summed E-state index contributed by atoms with van der Waals surface area (Å²) >= 11 is 0. The maximum Gasteiger partial charge on any atom is 0.374 e. The molecule has 0 unspecified atom stereocenters. The highest BCUT2D eigenvalue weighted by atomic mass is 19.1. The molecule has 3 aromatic heterocycles. The standard InChI is InChI=1S/C20H15FN2O4/c21-14-4-6-16(7-5-14)25-13-17-8-9-18(27-17)20(24)26-12-15-11-23-10-2-1-3-19(23)22-15/h1-11H,12-13H2. The fourth-order valence-corrected chi connectivity index (χ4v) is 2.52. The van der Waals surface area contributed by atoms with E-state index < -0.39 is 5.97 Å². The first-order valence-electron chi connectivity index (χ1n) is 8.24. The summed E-state index contributed by atoms with van der Waals surface area (Å²) in [5.74, 6) is 0.121. The van der Waals surface area contributed by atoms with Crippen LogP contribution in [0, 0.1) is 5.82 Å². The molecule has 6 nitrogen and oxygen atoms in total. The molecule has 3 heterocycles. The topological polar surface area (TPSA) is 66.0 Å². The summed E-state index contributed by atoms with van der Waals surface area (Å²) in [6, 6.07) is 14.4. The monoisotopic (exact) mass is 366 g/mol. The first-order valence-corrected chi connectivity index (χ1v) is 8.24. The predicted molar refractivity (Wildman–Crippen MR) is 93.8 cm³/mol. The molecule has 0 aliphatic rings. The third-order valence-electron chi connectivity index (χ3n) is 3.82. The van der Waals surface area contributed by atoms with Gasteiger partial charge in [-0.15, -0.1) is 0 Å². The third kappa shape index (κ3) is 3.98. The molecule has 0 saturated heterocycles. The number of aromatic nitrogens is 2. The Hall–Kier alpha value is -3.61. The molecule has 0 radical (unpaired) electrons. The molecule has 0 spiro atoms. The number of fused-ring (bicyclic) bond motifs is 1. The van der Waals surface area contributed by atoms with Crippen LogP contribution >= 0.6 is 0 Å². The smallest absolute Gasteiger partial charge is 0.374 e. The minimum absolute atomic E-state index is 0.0443. The zero-order chi connectivity index (χ0) is 18.6. The van der Waals surface area contributed by atoms with Crippen molar-refractivity contribution < 1.29 is 23.1 Å². The molecular formula is C20H15FN2O4. The van der Waals surface area contributed by atoms with Gasteiger partial charge in [-0.1, -0.05) is 6.07 Å². The van der Waals surface area contributed by atoms with Crippen LogP contribution in [0.15, 0.2) is 71.4 Å². The summed E-state index contributed by atoms with van der Waals surface area (Å²) in [5.41, 5.74) is 1.42. The number of hydrogen-bond donors (Lipinski definition) is 0. The maximum absolute atomic E-state index is 12.9. The zero-order valence-corrected chi connectivity index (χ0v) is 14.2. The molecule has 0 amide bonds. The molecule has 1 aromatic carbocycles. The molecule has 0 N–H and O–H groups in total. The Bertz CT molecular complexity index is 1040. The van der Waals surface area contributed by atoms with Crippen molar-refractivity contribution in [2.75, 3.05) is 0 Å². The van der Waals surface area contributed by atoms with Gasteiger partial charge in [0.1, 0.15) is 36.2 Å². The van der Waals surface area contributed by atoms with Crippen molar-refractivity contribution in [1.29, 1.82) is 0 Å². The van der Waals surface area contributed by atoms with E-state index >= 15 is 0 Å². The van der Waals surface area contributed by atoms with Crippen LogP contribution in [0.5, 0.6) is 5.75 Å². The summed E-state index contributed by atoms with van der Waals surface area (Å²) in [6.45, 7) is 0.161. The number of hydrogen-bond acceptors (Lipinski definition) is 5. The molecule has 0 aliphatic carbocycles. The molecule has 4 aromatic rings. The molecule has 4 rings (SSSR count). The van der Waals surface area contributed by atoms with Gasteiger partial charge in [0.2, 0.25) is 5.76 Å². The van der Waals surface area contributed by atoms with Crippen LogP contribution in [-0.2, 0) is 18.0 Å². The molecule has 27 heavy (non-hydrogen) atoms. The first-order chi connectivity index (χ1) is 13.2. The van der Waals surface area contributed by atoms with Crippen molar-refractivity contribution in [3.63, 3.8) is 0 Å². The molecule has 0 saturated carbocycles. The Morgan fingerprint density at radius 3 is 2.74 bits per heavy atom. The van der Waals surface area contributed by atoms with Crippen molar-refractivity contribution in [1.82, 2.24) is 9.38 Å². The Balaban J connectivity index is 1.33. The van der Waals surface area contributed by atoms with Crippen LogP contribution in [-0.4, -0.2) is 15.4 Å². The minimum atomic E-state index is -0.583. The van der Waals surface area contributed by atoms with Crippen LogP contribution in [0.1, 0.15) is 22.0 Å². The highest BCUT2D eigenvalue weighted by Crippen LogP contribution is 2.16. The van der Waals surface area contributed by atoms with E-state index in [1.165, 1.54) is 30.3 Å². The van der Waals surface area contributed by atoms with E-state index in [0.717, 1.165) is 5.65 Å². The van der Waals surface area contributed by atoms with Crippen LogP contribution in [0.25, 0.3) is 5.65 Å². The van der Waals surface area contributed by atoms with Gasteiger partial charge in [-0.2, -0.15) is 0 Å². The van der Waals surface area contributed by atoms with Gasteiger partial charge in [-0.3, -0.25) is 0 Å². The van der Waals surface area contributed by atoms with Gasteiger partial charge >= 0.3 is 5.97 Å². The van der Waals surface area contributed by atoms with Gasteiger partial charge in [-0.05, 0) is 48.5 Å². The van der Waals surface area contributed by atoms with Crippen molar-refractivity contribution in [3.8, 4) is 5.75 Å². The van der Waals surface area contributed by atoms with Gasteiger partial charge in [0.05, 0.1) is 5.69 Å². The number of ether oxygens (including phenoxy) is 2. The number of carbonyl (C=O) groups excluding carboxylic acids is 1. The van der Waals surface area contributed by atoms with E-state index in [4.69, 9.17) is 13.9 Å². The molecule has 0 bridgehead atoms. The van der Waals surface area contributed by atoms with Crippen LogP contribution in [0.4, 0.5) is 4.39 Å². The molecule has 136 valence electrons. The number of carbonyl (C=O) groups is 1. The Kier molecular flexibility index (Phi) is 4.57. The lowest BCUT2D eigenvalue weighted by Gasteiger charge is -2.03. The third-order valence-corrected chi connectivity index (χ3v) is 3.82. The van der Waals surface area contributed by atoms with Crippen molar-refractivity contribution in [3.05, 3.63) is 90.0 Å². The van der Waals surface area contributed by atoms with E-state index in [-0.39, 0.29) is 24.8 Å². The lowest BCUT2D eigenvalue weighted by atomic mass is 10.3.